The average molecular weight is 436 g/mol. The lowest BCUT2D eigenvalue weighted by Crippen LogP contribution is -2.30. The summed E-state index contributed by atoms with van der Waals surface area (Å²) in [5.74, 6) is -0.0377. The van der Waals surface area contributed by atoms with Gasteiger partial charge in [0, 0.05) is 16.3 Å². The van der Waals surface area contributed by atoms with Crippen molar-refractivity contribution in [2.75, 3.05) is 4.90 Å². The Bertz CT molecular complexity index is 1370. The van der Waals surface area contributed by atoms with E-state index in [1.807, 2.05) is 60.4 Å². The minimum atomic E-state index is -0.0377. The van der Waals surface area contributed by atoms with Gasteiger partial charge < -0.3 is 4.90 Å². The van der Waals surface area contributed by atoms with Gasteiger partial charge in [0.2, 0.25) is 0 Å². The number of nitrogens with zero attached hydrogens (tertiary/aromatic N) is 1. The molecule has 0 N–H and O–H groups in total. The number of carbonyl (C=O) groups excluding carboxylic acids is 1. The molecular formula is C29H22ClNO. The third-order valence-corrected chi connectivity index (χ3v) is 6.13. The molecule has 0 spiro atoms. The van der Waals surface area contributed by atoms with Crippen LogP contribution < -0.4 is 4.90 Å². The Balaban J connectivity index is 1.69. The van der Waals surface area contributed by atoms with Gasteiger partial charge in [0.05, 0.1) is 6.54 Å². The second kappa shape index (κ2) is 8.49. The maximum absolute atomic E-state index is 13.7. The summed E-state index contributed by atoms with van der Waals surface area (Å²) in [6.07, 6.45) is 0. The molecule has 2 nitrogen and oxygen atoms in total. The van der Waals surface area contributed by atoms with Crippen LogP contribution in [-0.2, 0) is 6.54 Å². The van der Waals surface area contributed by atoms with Crippen LogP contribution in [0.1, 0.15) is 21.5 Å². The van der Waals surface area contributed by atoms with E-state index in [1.54, 1.807) is 0 Å². The van der Waals surface area contributed by atoms with Crippen molar-refractivity contribution in [3.63, 3.8) is 0 Å². The van der Waals surface area contributed by atoms with E-state index in [9.17, 15) is 4.79 Å². The predicted octanol–water partition coefficient (Wildman–Crippen LogP) is 7.80. The molecule has 0 radical (unpaired) electrons. The molecule has 0 unspecified atom stereocenters. The highest BCUT2D eigenvalue weighted by molar-refractivity contribution is 6.30. The first-order valence-electron chi connectivity index (χ1n) is 10.6. The summed E-state index contributed by atoms with van der Waals surface area (Å²) in [5.41, 5.74) is 3.74. The van der Waals surface area contributed by atoms with Crippen LogP contribution in [-0.4, -0.2) is 5.91 Å². The van der Waals surface area contributed by atoms with Gasteiger partial charge in [0.15, 0.2) is 0 Å². The van der Waals surface area contributed by atoms with Crippen molar-refractivity contribution >= 4 is 44.7 Å². The molecule has 0 fully saturated rings. The van der Waals surface area contributed by atoms with Crippen LogP contribution in [0.15, 0.2) is 103 Å². The molecule has 0 bridgehead atoms. The third-order valence-electron chi connectivity index (χ3n) is 5.88. The van der Waals surface area contributed by atoms with Crippen molar-refractivity contribution in [1.82, 2.24) is 0 Å². The van der Waals surface area contributed by atoms with E-state index in [-0.39, 0.29) is 5.91 Å². The minimum Gasteiger partial charge on any atom is -0.304 e. The normalized spacial score (nSPS) is 11.1. The standard InChI is InChI=1S/C29H22ClNO/c1-20-10-12-21(13-11-20)29(32)31(25-16-14-24(30)15-17-25)19-28-26-8-4-2-6-22(26)18-23-7-3-5-9-27(23)28/h2-18H,19H2,1H3. The maximum Gasteiger partial charge on any atom is 0.258 e. The van der Waals surface area contributed by atoms with Gasteiger partial charge in [0.1, 0.15) is 0 Å². The lowest BCUT2D eigenvalue weighted by Gasteiger charge is -2.25. The van der Waals surface area contributed by atoms with E-state index in [4.69, 9.17) is 11.6 Å². The van der Waals surface area contributed by atoms with Gasteiger partial charge in [-0.1, -0.05) is 77.8 Å². The lowest BCUT2D eigenvalue weighted by molar-refractivity contribution is 0.0985. The van der Waals surface area contributed by atoms with E-state index >= 15 is 0 Å². The Labute approximate surface area is 192 Å². The van der Waals surface area contributed by atoms with Crippen LogP contribution >= 0.6 is 11.6 Å². The Morgan fingerprint density at radius 3 is 1.91 bits per heavy atom. The van der Waals surface area contributed by atoms with Crippen molar-refractivity contribution in [3.8, 4) is 0 Å². The van der Waals surface area contributed by atoms with Gasteiger partial charge in [-0.3, -0.25) is 4.79 Å². The van der Waals surface area contributed by atoms with Crippen LogP contribution in [0.25, 0.3) is 21.5 Å². The smallest absolute Gasteiger partial charge is 0.258 e. The average Bonchev–Trinajstić information content (AvgIpc) is 2.82. The Morgan fingerprint density at radius 2 is 1.31 bits per heavy atom. The highest BCUT2D eigenvalue weighted by Gasteiger charge is 2.20. The van der Waals surface area contributed by atoms with Crippen LogP contribution in [0.4, 0.5) is 5.69 Å². The SMILES string of the molecule is Cc1ccc(C(=O)N(Cc2c3ccccc3cc3ccccc23)c2ccc(Cl)cc2)cc1. The summed E-state index contributed by atoms with van der Waals surface area (Å²) >= 11 is 6.14. The summed E-state index contributed by atoms with van der Waals surface area (Å²) in [5, 5.41) is 5.29. The number of hydrogen-bond donors (Lipinski definition) is 0. The van der Waals surface area contributed by atoms with Crippen LogP contribution in [0, 0.1) is 6.92 Å². The van der Waals surface area contributed by atoms with Gasteiger partial charge in [-0.15, -0.1) is 0 Å². The fourth-order valence-corrected chi connectivity index (χ4v) is 4.32. The van der Waals surface area contributed by atoms with Gasteiger partial charge >= 0.3 is 0 Å². The van der Waals surface area contributed by atoms with Gasteiger partial charge in [-0.2, -0.15) is 0 Å². The largest absolute Gasteiger partial charge is 0.304 e. The monoisotopic (exact) mass is 435 g/mol. The van der Waals surface area contributed by atoms with Gasteiger partial charge in [-0.25, -0.2) is 0 Å². The van der Waals surface area contributed by atoms with Crippen LogP contribution in [0.3, 0.4) is 0 Å². The maximum atomic E-state index is 13.7. The number of anilines is 1. The van der Waals surface area contributed by atoms with Crippen molar-refractivity contribution in [3.05, 3.63) is 125 Å². The zero-order chi connectivity index (χ0) is 22.1. The number of aryl methyl sites for hydroxylation is 1. The minimum absolute atomic E-state index is 0.0377. The fraction of sp³-hybridized carbons (Fsp3) is 0.0690. The number of hydrogen-bond acceptors (Lipinski definition) is 1. The van der Waals surface area contributed by atoms with Crippen molar-refractivity contribution < 1.29 is 4.79 Å². The summed E-state index contributed by atoms with van der Waals surface area (Å²) in [6.45, 7) is 2.48. The van der Waals surface area contributed by atoms with E-state index in [1.165, 1.54) is 10.8 Å². The van der Waals surface area contributed by atoms with Crippen molar-refractivity contribution in [2.45, 2.75) is 13.5 Å². The quantitative estimate of drug-likeness (QED) is 0.264. The molecule has 5 aromatic carbocycles. The number of carbonyl (C=O) groups is 1. The molecule has 0 heterocycles. The van der Waals surface area contributed by atoms with E-state index in [0.29, 0.717) is 17.1 Å². The van der Waals surface area contributed by atoms with Gasteiger partial charge in [-0.05, 0) is 76.5 Å². The Hall–Kier alpha value is -3.62. The van der Waals surface area contributed by atoms with E-state index < -0.39 is 0 Å². The molecule has 0 saturated heterocycles. The molecule has 32 heavy (non-hydrogen) atoms. The van der Waals surface area contributed by atoms with Crippen LogP contribution in [0.5, 0.6) is 0 Å². The molecule has 156 valence electrons. The molecular weight excluding hydrogens is 414 g/mol. The summed E-state index contributed by atoms with van der Waals surface area (Å²) < 4.78 is 0. The van der Waals surface area contributed by atoms with Gasteiger partial charge in [0.25, 0.3) is 5.91 Å². The number of amides is 1. The highest BCUT2D eigenvalue weighted by atomic mass is 35.5. The molecule has 5 aromatic rings. The van der Waals surface area contributed by atoms with Crippen molar-refractivity contribution in [1.29, 1.82) is 0 Å². The first-order valence-corrected chi connectivity index (χ1v) is 11.0. The number of rotatable bonds is 4. The highest BCUT2D eigenvalue weighted by Crippen LogP contribution is 2.32. The number of benzene rings is 5. The summed E-state index contributed by atoms with van der Waals surface area (Å²) in [6, 6.07) is 34.1. The third kappa shape index (κ3) is 3.86. The molecule has 0 aliphatic heterocycles. The molecule has 0 aliphatic carbocycles. The molecule has 0 aromatic heterocycles. The molecule has 1 amide bonds. The van der Waals surface area contributed by atoms with E-state index in [2.05, 4.69) is 54.6 Å². The zero-order valence-corrected chi connectivity index (χ0v) is 18.5. The predicted molar refractivity (Wildman–Crippen MR) is 135 cm³/mol. The first kappa shape index (κ1) is 20.3. The Morgan fingerprint density at radius 1 is 0.750 bits per heavy atom. The van der Waals surface area contributed by atoms with Crippen LogP contribution in [0.2, 0.25) is 5.02 Å². The zero-order valence-electron chi connectivity index (χ0n) is 17.8. The fourth-order valence-electron chi connectivity index (χ4n) is 4.19. The molecule has 3 heteroatoms. The first-order chi connectivity index (χ1) is 15.6. The summed E-state index contributed by atoms with van der Waals surface area (Å²) in [7, 11) is 0. The molecule has 0 atom stereocenters. The van der Waals surface area contributed by atoms with E-state index in [0.717, 1.165) is 27.6 Å². The number of halogens is 1. The lowest BCUT2D eigenvalue weighted by atomic mass is 9.96. The second-order valence-electron chi connectivity index (χ2n) is 8.03. The van der Waals surface area contributed by atoms with Crippen molar-refractivity contribution in [2.24, 2.45) is 0 Å². The molecule has 5 rings (SSSR count). The summed E-state index contributed by atoms with van der Waals surface area (Å²) in [4.78, 5) is 15.6. The number of fused-ring (bicyclic) bond motifs is 2. The Kier molecular flexibility index (Phi) is 5.38. The second-order valence-corrected chi connectivity index (χ2v) is 8.47. The molecule has 0 saturated carbocycles. The topological polar surface area (TPSA) is 20.3 Å². The molecule has 0 aliphatic rings.